The van der Waals surface area contributed by atoms with Gasteiger partial charge in [-0.25, -0.2) is 0 Å². The van der Waals surface area contributed by atoms with E-state index in [-0.39, 0.29) is 0 Å². The third-order valence-electron chi connectivity index (χ3n) is 3.00. The standard InChI is InChI=1S/C9H21Si2/c1-8(2,3)11(7,10)9(4,5)6/h1-7H3. The lowest BCUT2D eigenvalue weighted by molar-refractivity contribution is 0.637. The summed E-state index contributed by atoms with van der Waals surface area (Å²) in [5.74, 6) is 0. The summed E-state index contributed by atoms with van der Waals surface area (Å²) in [6, 6.07) is 0. The Morgan fingerprint density at radius 2 is 1.00 bits per heavy atom. The van der Waals surface area contributed by atoms with Crippen LogP contribution in [0.25, 0.3) is 0 Å². The van der Waals surface area contributed by atoms with E-state index in [2.05, 4.69) is 57.8 Å². The molecule has 0 amide bonds. The number of hydrogen-bond donors (Lipinski definition) is 0. The van der Waals surface area contributed by atoms with Gasteiger partial charge in [-0.15, -0.1) is 0 Å². The Morgan fingerprint density at radius 1 is 0.818 bits per heavy atom. The molecule has 65 valence electrons. The lowest BCUT2D eigenvalue weighted by Crippen LogP contribution is -2.49. The minimum atomic E-state index is -1.30. The smallest absolute Gasteiger partial charge is 0.0456 e. The van der Waals surface area contributed by atoms with Crippen LogP contribution in [-0.2, 0) is 0 Å². The third-order valence-corrected chi connectivity index (χ3v) is 13.5. The zero-order chi connectivity index (χ0) is 9.50. The molecular weight excluding hydrogens is 164 g/mol. The van der Waals surface area contributed by atoms with Crippen LogP contribution < -0.4 is 0 Å². The molecule has 0 aliphatic heterocycles. The summed E-state index contributed by atoms with van der Waals surface area (Å²) in [5, 5.41) is 0.865. The molecule has 0 aromatic heterocycles. The van der Waals surface area contributed by atoms with Gasteiger partial charge in [-0.05, 0) is 10.1 Å². The van der Waals surface area contributed by atoms with Gasteiger partial charge >= 0.3 is 0 Å². The minimum Gasteiger partial charge on any atom is -0.0710 e. The Hall–Kier alpha value is 0.434. The van der Waals surface area contributed by atoms with Crippen LogP contribution in [0.1, 0.15) is 41.5 Å². The van der Waals surface area contributed by atoms with Crippen molar-refractivity contribution in [2.45, 2.75) is 58.2 Å². The van der Waals surface area contributed by atoms with Gasteiger partial charge in [0.15, 0.2) is 0 Å². The molecule has 0 fully saturated rings. The topological polar surface area (TPSA) is 0 Å². The minimum absolute atomic E-state index is 0.433. The molecule has 0 bridgehead atoms. The van der Waals surface area contributed by atoms with Crippen LogP contribution in [0.2, 0.25) is 16.6 Å². The lowest BCUT2D eigenvalue weighted by Gasteiger charge is -2.47. The maximum Gasteiger partial charge on any atom is 0.0456 e. The van der Waals surface area contributed by atoms with Gasteiger partial charge in [0.05, 0.1) is 0 Å². The highest BCUT2D eigenvalue weighted by molar-refractivity contribution is 7.19. The largest absolute Gasteiger partial charge is 0.0710 e. The van der Waals surface area contributed by atoms with Crippen molar-refractivity contribution in [2.75, 3.05) is 0 Å². The lowest BCUT2D eigenvalue weighted by atomic mass is 10.2. The second-order valence-corrected chi connectivity index (χ2v) is 13.9. The van der Waals surface area contributed by atoms with Crippen molar-refractivity contribution in [3.05, 3.63) is 0 Å². The summed E-state index contributed by atoms with van der Waals surface area (Å²) in [6.45, 7) is 16.4. The third kappa shape index (κ3) is 2.18. The molecule has 0 saturated carbocycles. The fourth-order valence-corrected chi connectivity index (χ4v) is 3.38. The molecule has 11 heavy (non-hydrogen) atoms. The summed E-state index contributed by atoms with van der Waals surface area (Å²) in [5.41, 5.74) is 0. The van der Waals surface area contributed by atoms with Gasteiger partial charge in [0.1, 0.15) is 0 Å². The molecule has 2 heteroatoms. The SMILES string of the molecule is CC(C)(C)[Si](C)([Si])C(C)(C)C. The van der Waals surface area contributed by atoms with Crippen molar-refractivity contribution in [3.8, 4) is 0 Å². The van der Waals surface area contributed by atoms with Gasteiger partial charge in [0.25, 0.3) is 0 Å². The molecule has 0 aromatic rings. The van der Waals surface area contributed by atoms with Crippen LogP contribution in [0, 0.1) is 0 Å². The Morgan fingerprint density at radius 3 is 1.00 bits per heavy atom. The monoisotopic (exact) mass is 185 g/mol. The Kier molecular flexibility index (Phi) is 2.84. The Balaban J connectivity index is 4.75. The second-order valence-electron chi connectivity index (χ2n) is 5.62. The quantitative estimate of drug-likeness (QED) is 0.508. The first-order valence-corrected chi connectivity index (χ1v) is 8.25. The predicted octanol–water partition coefficient (Wildman–Crippen LogP) is 3.33. The van der Waals surface area contributed by atoms with E-state index >= 15 is 0 Å². The molecule has 0 unspecified atom stereocenters. The molecule has 0 atom stereocenters. The van der Waals surface area contributed by atoms with E-state index in [4.69, 9.17) is 0 Å². The van der Waals surface area contributed by atoms with Crippen molar-refractivity contribution in [1.29, 1.82) is 0 Å². The van der Waals surface area contributed by atoms with Gasteiger partial charge in [-0.1, -0.05) is 48.1 Å². The van der Waals surface area contributed by atoms with Crippen LogP contribution in [0.3, 0.4) is 0 Å². The Labute approximate surface area is 76.0 Å². The fourth-order valence-electron chi connectivity index (χ4n) is 1.12. The summed E-state index contributed by atoms with van der Waals surface area (Å²) in [4.78, 5) is 0. The summed E-state index contributed by atoms with van der Waals surface area (Å²) < 4.78 is 0. The highest BCUT2D eigenvalue weighted by Gasteiger charge is 2.44. The Bertz CT molecular complexity index is 119. The first kappa shape index (κ1) is 11.4. The molecule has 0 rings (SSSR count). The zero-order valence-electron chi connectivity index (χ0n) is 9.00. The maximum absolute atomic E-state index is 4.02. The van der Waals surface area contributed by atoms with Crippen molar-refractivity contribution >= 4 is 17.4 Å². The molecule has 0 aliphatic carbocycles. The molecule has 0 saturated heterocycles. The van der Waals surface area contributed by atoms with Crippen LogP contribution in [-0.4, -0.2) is 17.4 Å². The molecule has 0 spiro atoms. The van der Waals surface area contributed by atoms with E-state index in [9.17, 15) is 0 Å². The molecule has 0 nitrogen and oxygen atoms in total. The predicted molar refractivity (Wildman–Crippen MR) is 56.8 cm³/mol. The second kappa shape index (κ2) is 2.73. The van der Waals surface area contributed by atoms with Crippen molar-refractivity contribution in [3.63, 3.8) is 0 Å². The van der Waals surface area contributed by atoms with Crippen LogP contribution in [0.4, 0.5) is 0 Å². The summed E-state index contributed by atoms with van der Waals surface area (Å²) >= 11 is 0. The maximum atomic E-state index is 4.02. The van der Waals surface area contributed by atoms with Gasteiger partial charge in [0.2, 0.25) is 0 Å². The number of rotatable bonds is 0. The van der Waals surface area contributed by atoms with E-state index in [0.29, 0.717) is 10.1 Å². The van der Waals surface area contributed by atoms with Crippen LogP contribution in [0.5, 0.6) is 0 Å². The van der Waals surface area contributed by atoms with Gasteiger partial charge in [-0.3, -0.25) is 0 Å². The zero-order valence-corrected chi connectivity index (χ0v) is 11.0. The average molecular weight is 185 g/mol. The average Bonchev–Trinajstić information content (AvgIpc) is 1.58. The molecule has 0 aliphatic rings. The van der Waals surface area contributed by atoms with Gasteiger partial charge < -0.3 is 0 Å². The van der Waals surface area contributed by atoms with Crippen molar-refractivity contribution in [1.82, 2.24) is 0 Å². The van der Waals surface area contributed by atoms with E-state index in [1.54, 1.807) is 0 Å². The van der Waals surface area contributed by atoms with Crippen molar-refractivity contribution in [2.24, 2.45) is 0 Å². The number of hydrogen-bond acceptors (Lipinski definition) is 0. The van der Waals surface area contributed by atoms with E-state index in [1.165, 1.54) is 0 Å². The first-order chi connectivity index (χ1) is 4.50. The summed E-state index contributed by atoms with van der Waals surface area (Å²) in [7, 11) is 2.72. The van der Waals surface area contributed by atoms with Gasteiger partial charge in [0, 0.05) is 17.4 Å². The molecule has 3 radical (unpaired) electrons. The van der Waals surface area contributed by atoms with E-state index < -0.39 is 7.59 Å². The normalized spacial score (nSPS) is 15.3. The van der Waals surface area contributed by atoms with Crippen LogP contribution in [0.15, 0.2) is 0 Å². The molecule has 0 N–H and O–H groups in total. The molecule has 0 heterocycles. The molecule has 0 aromatic carbocycles. The van der Waals surface area contributed by atoms with Crippen molar-refractivity contribution < 1.29 is 0 Å². The highest BCUT2D eigenvalue weighted by atomic mass is 29.2. The van der Waals surface area contributed by atoms with Crippen LogP contribution >= 0.6 is 0 Å². The van der Waals surface area contributed by atoms with E-state index in [1.807, 2.05) is 0 Å². The molecular formula is C9H21Si2. The highest BCUT2D eigenvalue weighted by Crippen LogP contribution is 2.48. The van der Waals surface area contributed by atoms with Gasteiger partial charge in [-0.2, -0.15) is 0 Å². The summed E-state index contributed by atoms with van der Waals surface area (Å²) in [6.07, 6.45) is 0. The fraction of sp³-hybridized carbons (Fsp3) is 1.00. The first-order valence-electron chi connectivity index (χ1n) is 4.25. The van der Waals surface area contributed by atoms with E-state index in [0.717, 1.165) is 0 Å².